The van der Waals surface area contributed by atoms with E-state index in [0.29, 0.717) is 17.6 Å². The Morgan fingerprint density at radius 2 is 2.12 bits per heavy atom. The molecule has 0 spiro atoms. The van der Waals surface area contributed by atoms with Crippen molar-refractivity contribution >= 4 is 23.1 Å². The van der Waals surface area contributed by atoms with Crippen molar-refractivity contribution in [2.75, 3.05) is 10.2 Å². The molecular formula is C21H25N3O2. The molecule has 3 rings (SSSR count). The van der Waals surface area contributed by atoms with Crippen LogP contribution < -0.4 is 10.2 Å². The second kappa shape index (κ2) is 6.60. The third-order valence-corrected chi connectivity index (χ3v) is 5.31. The van der Waals surface area contributed by atoms with Gasteiger partial charge in [0.25, 0.3) is 5.91 Å². The van der Waals surface area contributed by atoms with Crippen molar-refractivity contribution in [3.05, 3.63) is 35.4 Å². The molecule has 0 aromatic heterocycles. The molecule has 1 aromatic rings. The first kappa shape index (κ1) is 18.2. The Morgan fingerprint density at radius 1 is 1.38 bits per heavy atom. The Morgan fingerprint density at radius 3 is 2.77 bits per heavy atom. The molecule has 1 aliphatic carbocycles. The van der Waals surface area contributed by atoms with E-state index in [9.17, 15) is 14.9 Å². The van der Waals surface area contributed by atoms with Crippen LogP contribution in [0, 0.1) is 16.7 Å². The van der Waals surface area contributed by atoms with Crippen LogP contribution in [0.2, 0.25) is 0 Å². The summed E-state index contributed by atoms with van der Waals surface area (Å²) >= 11 is 0. The number of fused-ring (bicyclic) bond motifs is 1. The maximum Gasteiger partial charge on any atom is 0.252 e. The molecule has 0 bridgehead atoms. The van der Waals surface area contributed by atoms with Crippen molar-refractivity contribution in [2.24, 2.45) is 5.41 Å². The number of rotatable bonds is 4. The van der Waals surface area contributed by atoms with Crippen LogP contribution >= 0.6 is 0 Å². The zero-order chi connectivity index (χ0) is 19.1. The molecule has 1 aliphatic heterocycles. The minimum absolute atomic E-state index is 0.0636. The first-order valence-corrected chi connectivity index (χ1v) is 9.14. The van der Waals surface area contributed by atoms with E-state index in [0.717, 1.165) is 24.2 Å². The van der Waals surface area contributed by atoms with E-state index in [1.54, 1.807) is 17.0 Å². The Hall–Kier alpha value is -2.61. The van der Waals surface area contributed by atoms with Gasteiger partial charge in [-0.05, 0) is 43.4 Å². The molecule has 5 nitrogen and oxygen atoms in total. The molecule has 0 radical (unpaired) electrons. The maximum atomic E-state index is 12.7. The quantitative estimate of drug-likeness (QED) is 0.895. The predicted molar refractivity (Wildman–Crippen MR) is 102 cm³/mol. The van der Waals surface area contributed by atoms with E-state index in [-0.39, 0.29) is 29.2 Å². The number of hydrogen-bond donors (Lipinski definition) is 1. The summed E-state index contributed by atoms with van der Waals surface area (Å²) in [6.07, 6.45) is 3.64. The highest BCUT2D eigenvalue weighted by Gasteiger charge is 2.45. The van der Waals surface area contributed by atoms with E-state index >= 15 is 0 Å². The molecule has 1 amide bonds. The van der Waals surface area contributed by atoms with Gasteiger partial charge in [0.1, 0.15) is 6.07 Å². The third kappa shape index (κ3) is 3.24. The predicted octanol–water partition coefficient (Wildman–Crippen LogP) is 3.80. The van der Waals surface area contributed by atoms with Crippen molar-refractivity contribution in [3.8, 4) is 6.07 Å². The van der Waals surface area contributed by atoms with Crippen LogP contribution in [0.5, 0.6) is 0 Å². The zero-order valence-electron chi connectivity index (χ0n) is 15.8. The number of nitrogens with zero attached hydrogens (tertiary/aromatic N) is 2. The van der Waals surface area contributed by atoms with Gasteiger partial charge in [0.05, 0.1) is 17.3 Å². The summed E-state index contributed by atoms with van der Waals surface area (Å²) in [5.41, 5.74) is 2.49. The number of hydrogen-bond acceptors (Lipinski definition) is 4. The Labute approximate surface area is 154 Å². The molecule has 1 heterocycles. The van der Waals surface area contributed by atoms with E-state index in [4.69, 9.17) is 0 Å². The van der Waals surface area contributed by atoms with Gasteiger partial charge in [0.2, 0.25) is 0 Å². The van der Waals surface area contributed by atoms with Crippen LogP contribution in [-0.2, 0) is 9.59 Å². The molecule has 2 aliphatic rings. The largest absolute Gasteiger partial charge is 0.381 e. The number of ketones is 1. The summed E-state index contributed by atoms with van der Waals surface area (Å²) in [6.45, 7) is 8.26. The van der Waals surface area contributed by atoms with Gasteiger partial charge in [0, 0.05) is 29.8 Å². The highest BCUT2D eigenvalue weighted by molar-refractivity contribution is 6.15. The number of carbonyl (C=O) groups is 2. The number of Topliss-reactive ketones (excluding diaryl/α,β-unsaturated/α-hetero) is 1. The van der Waals surface area contributed by atoms with E-state index in [1.165, 1.54) is 6.08 Å². The monoisotopic (exact) mass is 351 g/mol. The molecule has 2 atom stereocenters. The standard InChI is InChI=1S/C21H25N3O2/c1-5-13(2)23-17-8-15(7-6-14(17)12-22)24-18-10-21(3,4)11-19(25)16(18)9-20(24)26/h6-9,13,18,23H,5,10-11H2,1-4H3. The Kier molecular flexibility index (Phi) is 4.62. The lowest BCUT2D eigenvalue weighted by Gasteiger charge is -2.38. The number of amides is 1. The van der Waals surface area contributed by atoms with Crippen molar-refractivity contribution in [1.82, 2.24) is 0 Å². The van der Waals surface area contributed by atoms with Crippen LogP contribution in [0.25, 0.3) is 0 Å². The molecular weight excluding hydrogens is 326 g/mol. The van der Waals surface area contributed by atoms with Gasteiger partial charge in [-0.1, -0.05) is 20.8 Å². The number of carbonyl (C=O) groups excluding carboxylic acids is 2. The number of nitriles is 1. The molecule has 2 unspecified atom stereocenters. The number of benzene rings is 1. The molecule has 0 saturated heterocycles. The van der Waals surface area contributed by atoms with Gasteiger partial charge in [-0.15, -0.1) is 0 Å². The van der Waals surface area contributed by atoms with Crippen LogP contribution in [0.15, 0.2) is 29.8 Å². The minimum Gasteiger partial charge on any atom is -0.381 e. The summed E-state index contributed by atoms with van der Waals surface area (Å²) in [5.74, 6) is -0.0936. The lowest BCUT2D eigenvalue weighted by Crippen LogP contribution is -2.43. The Balaban J connectivity index is 1.98. The average molecular weight is 351 g/mol. The highest BCUT2D eigenvalue weighted by Crippen LogP contribution is 2.43. The molecule has 5 heteroatoms. The number of anilines is 2. The van der Waals surface area contributed by atoms with Crippen LogP contribution in [0.4, 0.5) is 11.4 Å². The fourth-order valence-corrected chi connectivity index (χ4v) is 3.77. The summed E-state index contributed by atoms with van der Waals surface area (Å²) in [7, 11) is 0. The van der Waals surface area contributed by atoms with Crippen molar-refractivity contribution < 1.29 is 9.59 Å². The fraction of sp³-hybridized carbons (Fsp3) is 0.476. The SMILES string of the molecule is CCC(C)Nc1cc(N2C(=O)C=C3C(=O)CC(C)(C)CC32)ccc1C#N. The van der Waals surface area contributed by atoms with Gasteiger partial charge < -0.3 is 10.2 Å². The first-order valence-electron chi connectivity index (χ1n) is 9.14. The highest BCUT2D eigenvalue weighted by atomic mass is 16.2. The lowest BCUT2D eigenvalue weighted by molar-refractivity contribution is -0.119. The summed E-state index contributed by atoms with van der Waals surface area (Å²) < 4.78 is 0. The van der Waals surface area contributed by atoms with Gasteiger partial charge in [-0.2, -0.15) is 5.26 Å². The lowest BCUT2D eigenvalue weighted by atomic mass is 9.72. The molecule has 1 aromatic carbocycles. The van der Waals surface area contributed by atoms with Gasteiger partial charge in [-0.25, -0.2) is 0 Å². The maximum absolute atomic E-state index is 12.7. The van der Waals surface area contributed by atoms with Crippen LogP contribution in [-0.4, -0.2) is 23.8 Å². The van der Waals surface area contributed by atoms with Gasteiger partial charge >= 0.3 is 0 Å². The second-order valence-electron chi connectivity index (χ2n) is 8.09. The smallest absolute Gasteiger partial charge is 0.252 e. The summed E-state index contributed by atoms with van der Waals surface area (Å²) in [4.78, 5) is 26.8. The normalized spacial score (nSPS) is 22.5. The van der Waals surface area contributed by atoms with Crippen LogP contribution in [0.1, 0.15) is 52.5 Å². The minimum atomic E-state index is -0.219. The molecule has 136 valence electrons. The van der Waals surface area contributed by atoms with E-state index < -0.39 is 0 Å². The number of nitrogens with one attached hydrogen (secondary N) is 1. The van der Waals surface area contributed by atoms with E-state index in [2.05, 4.69) is 39.1 Å². The molecule has 1 saturated carbocycles. The van der Waals surface area contributed by atoms with Crippen molar-refractivity contribution in [2.45, 2.75) is 59.0 Å². The topological polar surface area (TPSA) is 73.2 Å². The van der Waals surface area contributed by atoms with Gasteiger partial charge in [-0.3, -0.25) is 9.59 Å². The fourth-order valence-electron chi connectivity index (χ4n) is 3.77. The van der Waals surface area contributed by atoms with Crippen LogP contribution in [0.3, 0.4) is 0 Å². The average Bonchev–Trinajstić information content (AvgIpc) is 2.89. The van der Waals surface area contributed by atoms with Gasteiger partial charge in [0.15, 0.2) is 5.78 Å². The molecule has 1 fully saturated rings. The Bertz CT molecular complexity index is 832. The zero-order valence-corrected chi connectivity index (χ0v) is 15.8. The third-order valence-electron chi connectivity index (χ3n) is 5.31. The summed E-state index contributed by atoms with van der Waals surface area (Å²) in [5, 5.41) is 12.7. The first-order chi connectivity index (χ1) is 12.3. The van der Waals surface area contributed by atoms with Crippen molar-refractivity contribution in [3.63, 3.8) is 0 Å². The van der Waals surface area contributed by atoms with E-state index in [1.807, 2.05) is 6.07 Å². The summed E-state index contributed by atoms with van der Waals surface area (Å²) in [6, 6.07) is 7.58. The van der Waals surface area contributed by atoms with Crippen molar-refractivity contribution in [1.29, 1.82) is 5.26 Å². The second-order valence-corrected chi connectivity index (χ2v) is 8.09. The molecule has 1 N–H and O–H groups in total. The molecule has 26 heavy (non-hydrogen) atoms.